The lowest BCUT2D eigenvalue weighted by molar-refractivity contribution is 0.101. The SMILES string of the molecule is O=C(CSc1nnc(Nc2cccc(F)c2)s1)c1cc(F)ccc1F. The fourth-order valence-electron chi connectivity index (χ4n) is 1.92. The summed E-state index contributed by atoms with van der Waals surface area (Å²) in [4.78, 5) is 12.0. The predicted octanol–water partition coefficient (Wildman–Crippen LogP) is 4.67. The number of nitrogens with one attached hydrogen (secondary N) is 1. The number of carbonyl (C=O) groups is 1. The molecule has 0 fully saturated rings. The van der Waals surface area contributed by atoms with E-state index in [0.717, 1.165) is 30.0 Å². The van der Waals surface area contributed by atoms with Crippen LogP contribution in [0.15, 0.2) is 46.8 Å². The summed E-state index contributed by atoms with van der Waals surface area (Å²) in [6, 6.07) is 8.60. The summed E-state index contributed by atoms with van der Waals surface area (Å²) in [5, 5.41) is 11.1. The molecule has 0 unspecified atom stereocenters. The molecule has 0 saturated carbocycles. The lowest BCUT2D eigenvalue weighted by Gasteiger charge is -2.01. The van der Waals surface area contributed by atoms with Crippen molar-refractivity contribution in [3.63, 3.8) is 0 Å². The average molecular weight is 381 g/mol. The van der Waals surface area contributed by atoms with E-state index in [9.17, 15) is 18.0 Å². The van der Waals surface area contributed by atoms with Crippen molar-refractivity contribution in [3.05, 3.63) is 65.5 Å². The van der Waals surface area contributed by atoms with Gasteiger partial charge in [0.2, 0.25) is 5.13 Å². The third-order valence-electron chi connectivity index (χ3n) is 3.04. The van der Waals surface area contributed by atoms with Gasteiger partial charge in [-0.15, -0.1) is 10.2 Å². The number of hydrogen-bond acceptors (Lipinski definition) is 6. The molecule has 1 N–H and O–H groups in total. The molecule has 0 radical (unpaired) electrons. The molecule has 3 rings (SSSR count). The summed E-state index contributed by atoms with van der Waals surface area (Å²) < 4.78 is 40.3. The van der Waals surface area contributed by atoms with Crippen LogP contribution in [0.2, 0.25) is 0 Å². The van der Waals surface area contributed by atoms with Gasteiger partial charge in [-0.3, -0.25) is 4.79 Å². The number of ketones is 1. The molecular formula is C16H10F3N3OS2. The van der Waals surface area contributed by atoms with E-state index in [1.807, 2.05) is 0 Å². The minimum atomic E-state index is -0.766. The maximum absolute atomic E-state index is 13.6. The van der Waals surface area contributed by atoms with E-state index in [0.29, 0.717) is 15.2 Å². The van der Waals surface area contributed by atoms with Crippen molar-refractivity contribution in [2.45, 2.75) is 4.34 Å². The second-order valence-corrected chi connectivity index (χ2v) is 7.04. The predicted molar refractivity (Wildman–Crippen MR) is 91.0 cm³/mol. The molecule has 1 heterocycles. The molecule has 0 spiro atoms. The van der Waals surface area contributed by atoms with Gasteiger partial charge in [-0.05, 0) is 36.4 Å². The number of hydrogen-bond donors (Lipinski definition) is 1. The van der Waals surface area contributed by atoms with Crippen LogP contribution in [0.1, 0.15) is 10.4 Å². The maximum Gasteiger partial charge on any atom is 0.210 e. The summed E-state index contributed by atoms with van der Waals surface area (Å²) in [5.41, 5.74) is 0.223. The van der Waals surface area contributed by atoms with Gasteiger partial charge in [0, 0.05) is 5.69 Å². The third kappa shape index (κ3) is 4.58. The zero-order valence-corrected chi connectivity index (χ0v) is 14.1. The summed E-state index contributed by atoms with van der Waals surface area (Å²) in [5.74, 6) is -2.47. The van der Waals surface area contributed by atoms with Gasteiger partial charge in [-0.1, -0.05) is 29.2 Å². The normalized spacial score (nSPS) is 10.7. The lowest BCUT2D eigenvalue weighted by Crippen LogP contribution is -2.05. The number of carbonyl (C=O) groups excluding carboxylic acids is 1. The Labute approximate surface area is 149 Å². The van der Waals surface area contributed by atoms with Gasteiger partial charge in [0.05, 0.1) is 11.3 Å². The highest BCUT2D eigenvalue weighted by Gasteiger charge is 2.15. The molecule has 0 aliphatic heterocycles. The van der Waals surface area contributed by atoms with Crippen LogP contribution >= 0.6 is 23.1 Å². The molecule has 3 aromatic rings. The minimum absolute atomic E-state index is 0.102. The monoisotopic (exact) mass is 381 g/mol. The molecule has 4 nitrogen and oxygen atoms in total. The molecule has 128 valence electrons. The zero-order valence-electron chi connectivity index (χ0n) is 12.5. The van der Waals surface area contributed by atoms with Crippen LogP contribution in [-0.4, -0.2) is 21.7 Å². The van der Waals surface area contributed by atoms with Crippen molar-refractivity contribution >= 4 is 39.7 Å². The summed E-state index contributed by atoms with van der Waals surface area (Å²) in [7, 11) is 0. The highest BCUT2D eigenvalue weighted by Crippen LogP contribution is 2.28. The number of Topliss-reactive ketones (excluding diaryl/α,β-unsaturated/α-hetero) is 1. The number of rotatable bonds is 6. The van der Waals surface area contributed by atoms with Crippen molar-refractivity contribution in [1.29, 1.82) is 0 Å². The quantitative estimate of drug-likeness (QED) is 0.497. The number of halogens is 3. The Hall–Kier alpha value is -2.39. The van der Waals surface area contributed by atoms with Crippen LogP contribution in [0.4, 0.5) is 24.0 Å². The standard InChI is InChI=1S/C16H10F3N3OS2/c17-9-2-1-3-11(6-9)20-15-21-22-16(25-15)24-8-14(23)12-7-10(18)4-5-13(12)19/h1-7H,8H2,(H,20,21). The van der Waals surface area contributed by atoms with E-state index in [1.165, 1.54) is 23.5 Å². The van der Waals surface area contributed by atoms with E-state index in [2.05, 4.69) is 15.5 Å². The van der Waals surface area contributed by atoms with Crippen LogP contribution < -0.4 is 5.32 Å². The Morgan fingerprint density at radius 2 is 1.88 bits per heavy atom. The number of anilines is 2. The molecule has 0 atom stereocenters. The van der Waals surface area contributed by atoms with Crippen LogP contribution in [0, 0.1) is 17.5 Å². The Bertz CT molecular complexity index is 917. The second kappa shape index (κ2) is 7.66. The zero-order chi connectivity index (χ0) is 17.8. The third-order valence-corrected chi connectivity index (χ3v) is 5.01. The largest absolute Gasteiger partial charge is 0.330 e. The Balaban J connectivity index is 1.62. The van der Waals surface area contributed by atoms with Crippen molar-refractivity contribution in [3.8, 4) is 0 Å². The lowest BCUT2D eigenvalue weighted by atomic mass is 10.1. The van der Waals surface area contributed by atoms with E-state index < -0.39 is 17.4 Å². The Kier molecular flexibility index (Phi) is 5.34. The molecule has 2 aromatic carbocycles. The molecule has 0 aliphatic carbocycles. The fraction of sp³-hybridized carbons (Fsp3) is 0.0625. The van der Waals surface area contributed by atoms with Gasteiger partial charge in [0.25, 0.3) is 0 Å². The van der Waals surface area contributed by atoms with Gasteiger partial charge in [0.1, 0.15) is 17.5 Å². The van der Waals surface area contributed by atoms with Gasteiger partial charge in [-0.2, -0.15) is 0 Å². The van der Waals surface area contributed by atoms with Crippen molar-refractivity contribution in [2.24, 2.45) is 0 Å². The van der Waals surface area contributed by atoms with E-state index in [1.54, 1.807) is 12.1 Å². The number of aromatic nitrogens is 2. The first-order chi connectivity index (χ1) is 12.0. The van der Waals surface area contributed by atoms with Gasteiger partial charge in [-0.25, -0.2) is 13.2 Å². The molecule has 0 amide bonds. The van der Waals surface area contributed by atoms with Gasteiger partial charge in [0.15, 0.2) is 10.1 Å². The van der Waals surface area contributed by atoms with Crippen LogP contribution in [0.25, 0.3) is 0 Å². The highest BCUT2D eigenvalue weighted by molar-refractivity contribution is 8.01. The van der Waals surface area contributed by atoms with Crippen LogP contribution in [0.5, 0.6) is 0 Å². The summed E-state index contributed by atoms with van der Waals surface area (Å²) in [6.07, 6.45) is 0. The first-order valence-corrected chi connectivity index (χ1v) is 8.78. The van der Waals surface area contributed by atoms with Gasteiger partial charge >= 0.3 is 0 Å². The van der Waals surface area contributed by atoms with Gasteiger partial charge < -0.3 is 5.32 Å². The second-order valence-electron chi connectivity index (χ2n) is 4.84. The van der Waals surface area contributed by atoms with Crippen molar-refractivity contribution in [1.82, 2.24) is 10.2 Å². The number of nitrogens with zero attached hydrogens (tertiary/aromatic N) is 2. The molecule has 0 bridgehead atoms. The first kappa shape index (κ1) is 17.4. The molecule has 25 heavy (non-hydrogen) atoms. The Morgan fingerprint density at radius 1 is 1.08 bits per heavy atom. The topological polar surface area (TPSA) is 54.9 Å². The fourth-order valence-corrected chi connectivity index (χ4v) is 3.58. The summed E-state index contributed by atoms with van der Waals surface area (Å²) >= 11 is 2.23. The van der Waals surface area contributed by atoms with Crippen molar-refractivity contribution in [2.75, 3.05) is 11.1 Å². The van der Waals surface area contributed by atoms with E-state index >= 15 is 0 Å². The average Bonchev–Trinajstić information content (AvgIpc) is 3.02. The Morgan fingerprint density at radius 3 is 2.68 bits per heavy atom. The number of benzene rings is 2. The van der Waals surface area contributed by atoms with E-state index in [4.69, 9.17) is 0 Å². The molecular weight excluding hydrogens is 371 g/mol. The first-order valence-electron chi connectivity index (χ1n) is 6.98. The summed E-state index contributed by atoms with van der Waals surface area (Å²) in [6.45, 7) is 0. The smallest absolute Gasteiger partial charge is 0.210 e. The number of thioether (sulfide) groups is 1. The molecule has 0 saturated heterocycles. The van der Waals surface area contributed by atoms with Crippen LogP contribution in [-0.2, 0) is 0 Å². The molecule has 9 heteroatoms. The molecule has 0 aliphatic rings. The highest BCUT2D eigenvalue weighted by atomic mass is 32.2. The van der Waals surface area contributed by atoms with E-state index in [-0.39, 0.29) is 17.1 Å². The molecule has 1 aromatic heterocycles. The van der Waals surface area contributed by atoms with Crippen LogP contribution in [0.3, 0.4) is 0 Å². The minimum Gasteiger partial charge on any atom is -0.330 e. The van der Waals surface area contributed by atoms with Crippen molar-refractivity contribution < 1.29 is 18.0 Å². The maximum atomic E-state index is 13.6.